The first-order valence-corrected chi connectivity index (χ1v) is 7.76. The molecule has 2 aliphatic heterocycles. The van der Waals surface area contributed by atoms with Gasteiger partial charge in [0.2, 0.25) is 0 Å². The molecule has 2 N–H and O–H groups in total. The molecule has 6 heteroatoms. The van der Waals surface area contributed by atoms with Crippen molar-refractivity contribution in [3.8, 4) is 0 Å². The third-order valence-electron chi connectivity index (χ3n) is 4.14. The molecule has 2 aliphatic rings. The number of hydrogen-bond donors (Lipinski definition) is 1. The molecule has 0 radical (unpaired) electrons. The Kier molecular flexibility index (Phi) is 3.56. The van der Waals surface area contributed by atoms with Crippen molar-refractivity contribution in [1.82, 2.24) is 14.8 Å². The minimum absolute atomic E-state index is 0.0648. The molecule has 2 unspecified atom stereocenters. The van der Waals surface area contributed by atoms with Gasteiger partial charge in [-0.2, -0.15) is 0 Å². The van der Waals surface area contributed by atoms with Gasteiger partial charge in [0, 0.05) is 37.1 Å². The van der Waals surface area contributed by atoms with E-state index in [4.69, 9.17) is 5.73 Å². The zero-order valence-electron chi connectivity index (χ0n) is 11.2. The van der Waals surface area contributed by atoms with Gasteiger partial charge in [0.15, 0.2) is 0 Å². The fraction of sp³-hybridized carbons (Fsp3) is 0.692. The molecule has 0 bridgehead atoms. The number of carbonyl (C=O) groups excluding carboxylic acids is 1. The third kappa shape index (κ3) is 2.40. The second-order valence-corrected chi connectivity index (χ2v) is 6.37. The number of nitrogens with zero attached hydrogens (tertiary/aromatic N) is 3. The Labute approximate surface area is 117 Å². The average molecular weight is 280 g/mol. The normalized spacial score (nSPS) is 27.6. The number of carbonyl (C=O) groups is 1. The summed E-state index contributed by atoms with van der Waals surface area (Å²) in [5.74, 6) is 0.0648. The topological polar surface area (TPSA) is 62.5 Å². The van der Waals surface area contributed by atoms with E-state index < -0.39 is 0 Å². The van der Waals surface area contributed by atoms with Gasteiger partial charge in [-0.25, -0.2) is 4.98 Å². The van der Waals surface area contributed by atoms with Crippen LogP contribution in [-0.2, 0) is 6.54 Å². The Morgan fingerprint density at radius 1 is 1.58 bits per heavy atom. The van der Waals surface area contributed by atoms with Crippen molar-refractivity contribution in [2.24, 2.45) is 5.73 Å². The van der Waals surface area contributed by atoms with Crippen LogP contribution in [0.2, 0.25) is 0 Å². The molecule has 1 aromatic rings. The van der Waals surface area contributed by atoms with E-state index in [2.05, 4.69) is 16.8 Å². The second-order valence-electron chi connectivity index (χ2n) is 5.43. The van der Waals surface area contributed by atoms with E-state index in [-0.39, 0.29) is 11.9 Å². The van der Waals surface area contributed by atoms with Gasteiger partial charge >= 0.3 is 0 Å². The lowest BCUT2D eigenvalue weighted by atomic mass is 10.1. The summed E-state index contributed by atoms with van der Waals surface area (Å²) in [7, 11) is 0. The summed E-state index contributed by atoms with van der Waals surface area (Å²) in [4.78, 5) is 21.4. The fourth-order valence-electron chi connectivity index (χ4n) is 3.12. The van der Waals surface area contributed by atoms with Crippen LogP contribution in [0.15, 0.2) is 5.38 Å². The minimum atomic E-state index is 0.0648. The highest BCUT2D eigenvalue weighted by Gasteiger charge is 2.37. The van der Waals surface area contributed by atoms with E-state index in [0.717, 1.165) is 18.1 Å². The third-order valence-corrected chi connectivity index (χ3v) is 5.01. The van der Waals surface area contributed by atoms with Gasteiger partial charge in [0.25, 0.3) is 5.91 Å². The molecule has 3 heterocycles. The molecule has 1 aromatic heterocycles. The smallest absolute Gasteiger partial charge is 0.273 e. The molecular formula is C13H20N4OS. The first kappa shape index (κ1) is 13.0. The Morgan fingerprint density at radius 2 is 2.42 bits per heavy atom. The standard InChI is InChI=1S/C13H20N4OS/c1-9-6-16-4-2-3-10(16)7-17(9)13(18)11-8-19-12(5-14)15-11/h8-10H,2-7,14H2,1H3. The van der Waals surface area contributed by atoms with Gasteiger partial charge in [-0.05, 0) is 26.3 Å². The molecule has 104 valence electrons. The summed E-state index contributed by atoms with van der Waals surface area (Å²) < 4.78 is 0. The van der Waals surface area contributed by atoms with Gasteiger partial charge in [-0.15, -0.1) is 11.3 Å². The summed E-state index contributed by atoms with van der Waals surface area (Å²) >= 11 is 1.47. The lowest BCUT2D eigenvalue weighted by Crippen LogP contribution is -2.56. The molecule has 19 heavy (non-hydrogen) atoms. The molecule has 5 nitrogen and oxygen atoms in total. The van der Waals surface area contributed by atoms with E-state index in [1.807, 2.05) is 10.3 Å². The van der Waals surface area contributed by atoms with Crippen LogP contribution in [0.1, 0.15) is 35.3 Å². The van der Waals surface area contributed by atoms with Crippen LogP contribution in [0, 0.1) is 0 Å². The molecule has 0 saturated carbocycles. The second kappa shape index (κ2) is 5.19. The maximum atomic E-state index is 12.5. The van der Waals surface area contributed by atoms with Crippen molar-refractivity contribution < 1.29 is 4.79 Å². The summed E-state index contributed by atoms with van der Waals surface area (Å²) in [5, 5.41) is 2.66. The van der Waals surface area contributed by atoms with Crippen LogP contribution in [0.4, 0.5) is 0 Å². The Hall–Kier alpha value is -0.980. The van der Waals surface area contributed by atoms with Crippen molar-refractivity contribution in [1.29, 1.82) is 0 Å². The Bertz CT molecular complexity index is 475. The predicted molar refractivity (Wildman–Crippen MR) is 75.1 cm³/mol. The van der Waals surface area contributed by atoms with Gasteiger partial charge in [-0.3, -0.25) is 9.69 Å². The summed E-state index contributed by atoms with van der Waals surface area (Å²) in [6.45, 7) is 5.55. The van der Waals surface area contributed by atoms with Gasteiger partial charge in [-0.1, -0.05) is 0 Å². The number of piperazine rings is 1. The van der Waals surface area contributed by atoms with E-state index in [1.54, 1.807) is 0 Å². The molecule has 0 aliphatic carbocycles. The van der Waals surface area contributed by atoms with Crippen molar-refractivity contribution >= 4 is 17.2 Å². The minimum Gasteiger partial charge on any atom is -0.332 e. The van der Waals surface area contributed by atoms with Crippen molar-refractivity contribution in [2.75, 3.05) is 19.6 Å². The van der Waals surface area contributed by atoms with Crippen molar-refractivity contribution in [2.45, 2.75) is 38.4 Å². The van der Waals surface area contributed by atoms with E-state index in [0.29, 0.717) is 18.3 Å². The molecule has 2 saturated heterocycles. The zero-order chi connectivity index (χ0) is 13.4. The number of rotatable bonds is 2. The number of thiazole rings is 1. The Morgan fingerprint density at radius 3 is 3.16 bits per heavy atom. The molecule has 3 rings (SSSR count). The molecule has 2 atom stereocenters. The van der Waals surface area contributed by atoms with Crippen LogP contribution in [0.25, 0.3) is 0 Å². The largest absolute Gasteiger partial charge is 0.332 e. The summed E-state index contributed by atoms with van der Waals surface area (Å²) in [6, 6.07) is 0.817. The molecule has 0 spiro atoms. The van der Waals surface area contributed by atoms with Crippen molar-refractivity contribution in [3.63, 3.8) is 0 Å². The number of hydrogen-bond acceptors (Lipinski definition) is 5. The highest BCUT2D eigenvalue weighted by atomic mass is 32.1. The Balaban J connectivity index is 1.75. The van der Waals surface area contributed by atoms with Gasteiger partial charge in [0.05, 0.1) is 0 Å². The highest BCUT2D eigenvalue weighted by molar-refractivity contribution is 7.09. The zero-order valence-corrected chi connectivity index (χ0v) is 12.0. The van der Waals surface area contributed by atoms with E-state index in [9.17, 15) is 4.79 Å². The van der Waals surface area contributed by atoms with Crippen LogP contribution < -0.4 is 5.73 Å². The number of aromatic nitrogens is 1. The van der Waals surface area contributed by atoms with Gasteiger partial charge in [0.1, 0.15) is 10.7 Å². The lowest BCUT2D eigenvalue weighted by molar-refractivity contribution is 0.0391. The predicted octanol–water partition coefficient (Wildman–Crippen LogP) is 0.910. The number of fused-ring (bicyclic) bond motifs is 1. The fourth-order valence-corrected chi connectivity index (χ4v) is 3.77. The van der Waals surface area contributed by atoms with Crippen LogP contribution in [0.5, 0.6) is 0 Å². The van der Waals surface area contributed by atoms with E-state index >= 15 is 0 Å². The average Bonchev–Trinajstić information content (AvgIpc) is 3.05. The lowest BCUT2D eigenvalue weighted by Gasteiger charge is -2.42. The molecule has 0 aromatic carbocycles. The molecule has 1 amide bonds. The highest BCUT2D eigenvalue weighted by Crippen LogP contribution is 2.25. The van der Waals surface area contributed by atoms with Crippen LogP contribution >= 0.6 is 11.3 Å². The van der Waals surface area contributed by atoms with Crippen LogP contribution in [-0.4, -0.2) is 52.4 Å². The molecular weight excluding hydrogens is 260 g/mol. The quantitative estimate of drug-likeness (QED) is 0.874. The monoisotopic (exact) mass is 280 g/mol. The maximum Gasteiger partial charge on any atom is 0.273 e. The number of nitrogens with two attached hydrogens (primary N) is 1. The summed E-state index contributed by atoms with van der Waals surface area (Å²) in [5.41, 5.74) is 6.11. The first-order chi connectivity index (χ1) is 9.19. The van der Waals surface area contributed by atoms with Gasteiger partial charge < -0.3 is 10.6 Å². The van der Waals surface area contributed by atoms with Crippen LogP contribution in [0.3, 0.4) is 0 Å². The molecule has 2 fully saturated rings. The van der Waals surface area contributed by atoms with Crippen molar-refractivity contribution in [3.05, 3.63) is 16.1 Å². The summed E-state index contributed by atoms with van der Waals surface area (Å²) in [6.07, 6.45) is 2.47. The SMILES string of the molecule is CC1CN2CCCC2CN1C(=O)c1csc(CN)n1. The maximum absolute atomic E-state index is 12.5. The van der Waals surface area contributed by atoms with E-state index in [1.165, 1.54) is 30.7 Å². The number of amides is 1. The first-order valence-electron chi connectivity index (χ1n) is 6.88.